The van der Waals surface area contributed by atoms with Crippen LogP contribution in [-0.2, 0) is 0 Å². The van der Waals surface area contributed by atoms with Gasteiger partial charge < -0.3 is 4.90 Å². The lowest BCUT2D eigenvalue weighted by Gasteiger charge is -2.53. The van der Waals surface area contributed by atoms with E-state index in [1.165, 1.54) is 38.2 Å². The van der Waals surface area contributed by atoms with Crippen LogP contribution in [0.4, 0.5) is 0 Å². The summed E-state index contributed by atoms with van der Waals surface area (Å²) in [4.78, 5) is 4.99. The van der Waals surface area contributed by atoms with Crippen LogP contribution in [0, 0.1) is 5.92 Å². The Morgan fingerprint density at radius 2 is 2.07 bits per heavy atom. The Kier molecular flexibility index (Phi) is 2.34. The highest BCUT2D eigenvalue weighted by Gasteiger charge is 2.49. The predicted molar refractivity (Wildman–Crippen MR) is 60.1 cm³/mol. The van der Waals surface area contributed by atoms with Crippen LogP contribution in [0.2, 0.25) is 0 Å². The van der Waals surface area contributed by atoms with Crippen molar-refractivity contribution < 1.29 is 0 Å². The maximum absolute atomic E-state index is 4.11. The van der Waals surface area contributed by atoms with Crippen molar-refractivity contribution in [1.29, 1.82) is 0 Å². The quantitative estimate of drug-likeness (QED) is 0.663. The number of hydrogen-bond donors (Lipinski definition) is 0. The molecule has 1 spiro atoms. The van der Waals surface area contributed by atoms with Gasteiger partial charge in [-0.15, -0.1) is 0 Å². The smallest absolute Gasteiger partial charge is 0.0652 e. The van der Waals surface area contributed by atoms with Gasteiger partial charge in [-0.25, -0.2) is 0 Å². The molecule has 2 heteroatoms. The van der Waals surface area contributed by atoms with Crippen molar-refractivity contribution in [2.75, 3.05) is 26.7 Å². The molecule has 0 aliphatic carbocycles. The molecule has 80 valence electrons. The van der Waals surface area contributed by atoms with Crippen LogP contribution in [0.3, 0.4) is 0 Å². The van der Waals surface area contributed by atoms with E-state index in [2.05, 4.69) is 37.3 Å². The van der Waals surface area contributed by atoms with Gasteiger partial charge in [0.2, 0.25) is 0 Å². The van der Waals surface area contributed by atoms with E-state index in [1.807, 2.05) is 0 Å². The van der Waals surface area contributed by atoms with E-state index in [-0.39, 0.29) is 0 Å². The predicted octanol–water partition coefficient (Wildman–Crippen LogP) is 1.94. The molecule has 0 unspecified atom stereocenters. The molecule has 0 saturated carbocycles. The Morgan fingerprint density at radius 3 is 2.50 bits per heavy atom. The molecule has 2 saturated heterocycles. The second-order valence-electron chi connectivity index (χ2n) is 5.41. The fourth-order valence-corrected chi connectivity index (χ4v) is 2.85. The summed E-state index contributed by atoms with van der Waals surface area (Å²) >= 11 is 0. The number of allylic oxidation sites excluding steroid dienone is 1. The number of rotatable bonds is 2. The molecule has 2 fully saturated rings. The van der Waals surface area contributed by atoms with E-state index in [9.17, 15) is 0 Å². The second kappa shape index (κ2) is 3.27. The lowest BCUT2D eigenvalue weighted by Crippen LogP contribution is -2.66. The maximum Gasteiger partial charge on any atom is 0.0652 e. The number of likely N-dealkylation sites (N-methyl/N-ethyl adjacent to an activating group) is 1. The average Bonchev–Trinajstić information content (AvgIpc) is 2.31. The van der Waals surface area contributed by atoms with Crippen LogP contribution < -0.4 is 0 Å². The summed E-state index contributed by atoms with van der Waals surface area (Å²) in [5, 5.41) is 0. The van der Waals surface area contributed by atoms with Gasteiger partial charge in [0.15, 0.2) is 0 Å². The summed E-state index contributed by atoms with van der Waals surface area (Å²) in [7, 11) is 2.21. The molecule has 2 aliphatic heterocycles. The molecule has 0 aromatic carbocycles. The van der Waals surface area contributed by atoms with Crippen LogP contribution in [0.25, 0.3) is 0 Å². The Hall–Kier alpha value is -0.500. The van der Waals surface area contributed by atoms with Gasteiger partial charge in [-0.1, -0.05) is 20.4 Å². The molecule has 0 aromatic heterocycles. The molecule has 0 atom stereocenters. The molecule has 0 aromatic rings. The van der Waals surface area contributed by atoms with Crippen molar-refractivity contribution in [2.24, 2.45) is 5.92 Å². The third kappa shape index (κ3) is 1.46. The largest absolute Gasteiger partial charge is 0.370 e. The number of hydrogen-bond acceptors (Lipinski definition) is 2. The number of likely N-dealkylation sites (tertiary alicyclic amines) is 2. The highest BCUT2D eigenvalue weighted by atomic mass is 15.4. The fourth-order valence-electron chi connectivity index (χ4n) is 2.85. The zero-order valence-electron chi connectivity index (χ0n) is 9.71. The third-order valence-corrected chi connectivity index (χ3v) is 3.72. The Morgan fingerprint density at radius 1 is 1.43 bits per heavy atom. The molecule has 2 heterocycles. The SMILES string of the molecule is C=C1CCC2(CN(CC(C)C)C2)N1C. The van der Waals surface area contributed by atoms with E-state index < -0.39 is 0 Å². The van der Waals surface area contributed by atoms with Gasteiger partial charge in [0.25, 0.3) is 0 Å². The first kappa shape index (κ1) is 10.0. The van der Waals surface area contributed by atoms with Crippen LogP contribution in [-0.4, -0.2) is 42.0 Å². The van der Waals surface area contributed by atoms with E-state index in [4.69, 9.17) is 0 Å². The van der Waals surface area contributed by atoms with Gasteiger partial charge in [0, 0.05) is 32.4 Å². The molecule has 0 amide bonds. The molecule has 2 rings (SSSR count). The zero-order valence-corrected chi connectivity index (χ0v) is 9.71. The minimum absolute atomic E-state index is 0.464. The monoisotopic (exact) mass is 194 g/mol. The van der Waals surface area contributed by atoms with Crippen molar-refractivity contribution >= 4 is 0 Å². The Bertz CT molecular complexity index is 239. The third-order valence-electron chi connectivity index (χ3n) is 3.72. The molecule has 14 heavy (non-hydrogen) atoms. The maximum atomic E-state index is 4.11. The Labute approximate surface area is 87.6 Å². The van der Waals surface area contributed by atoms with Gasteiger partial charge in [0.05, 0.1) is 5.54 Å². The fraction of sp³-hybridized carbons (Fsp3) is 0.833. The summed E-state index contributed by atoms with van der Waals surface area (Å²) in [5.74, 6) is 0.794. The van der Waals surface area contributed by atoms with E-state index in [0.29, 0.717) is 5.54 Å². The normalized spacial score (nSPS) is 26.3. The first-order valence-corrected chi connectivity index (χ1v) is 5.67. The second-order valence-corrected chi connectivity index (χ2v) is 5.41. The highest BCUT2D eigenvalue weighted by molar-refractivity contribution is 5.17. The molecular formula is C12H22N2. The van der Waals surface area contributed by atoms with Crippen LogP contribution in [0.5, 0.6) is 0 Å². The summed E-state index contributed by atoms with van der Waals surface area (Å²) in [6.45, 7) is 12.4. The van der Waals surface area contributed by atoms with Crippen LogP contribution >= 0.6 is 0 Å². The van der Waals surface area contributed by atoms with Crippen LogP contribution in [0.15, 0.2) is 12.3 Å². The van der Waals surface area contributed by atoms with Crippen molar-refractivity contribution in [3.8, 4) is 0 Å². The topological polar surface area (TPSA) is 6.48 Å². The number of nitrogens with zero attached hydrogens (tertiary/aromatic N) is 2. The molecule has 0 N–H and O–H groups in total. The summed E-state index contributed by atoms with van der Waals surface area (Å²) in [5.41, 5.74) is 1.79. The van der Waals surface area contributed by atoms with Crippen molar-refractivity contribution in [1.82, 2.24) is 9.80 Å². The van der Waals surface area contributed by atoms with Gasteiger partial charge in [0.1, 0.15) is 0 Å². The van der Waals surface area contributed by atoms with E-state index in [1.54, 1.807) is 0 Å². The van der Waals surface area contributed by atoms with Crippen molar-refractivity contribution in [3.05, 3.63) is 12.3 Å². The zero-order chi connectivity index (χ0) is 10.3. The van der Waals surface area contributed by atoms with E-state index >= 15 is 0 Å². The van der Waals surface area contributed by atoms with Gasteiger partial charge in [-0.3, -0.25) is 4.90 Å². The lowest BCUT2D eigenvalue weighted by atomic mass is 9.86. The molecular weight excluding hydrogens is 172 g/mol. The summed E-state index contributed by atoms with van der Waals surface area (Å²) < 4.78 is 0. The lowest BCUT2D eigenvalue weighted by molar-refractivity contribution is -0.0139. The van der Waals surface area contributed by atoms with E-state index in [0.717, 1.165) is 5.92 Å². The minimum Gasteiger partial charge on any atom is -0.370 e. The summed E-state index contributed by atoms with van der Waals surface area (Å²) in [6, 6.07) is 0. The average molecular weight is 194 g/mol. The Balaban J connectivity index is 1.89. The first-order chi connectivity index (χ1) is 6.53. The molecule has 0 radical (unpaired) electrons. The highest BCUT2D eigenvalue weighted by Crippen LogP contribution is 2.40. The van der Waals surface area contributed by atoms with Crippen LogP contribution in [0.1, 0.15) is 26.7 Å². The molecule has 0 bridgehead atoms. The molecule has 2 nitrogen and oxygen atoms in total. The van der Waals surface area contributed by atoms with Gasteiger partial charge in [-0.05, 0) is 18.8 Å². The van der Waals surface area contributed by atoms with Crippen molar-refractivity contribution in [2.45, 2.75) is 32.2 Å². The standard InChI is InChI=1S/C12H22N2/c1-10(2)7-14-8-12(9-14)6-5-11(3)13(12)4/h10H,3,5-9H2,1-2,4H3. The summed E-state index contributed by atoms with van der Waals surface area (Å²) in [6.07, 6.45) is 2.52. The molecule has 2 aliphatic rings. The van der Waals surface area contributed by atoms with Gasteiger partial charge >= 0.3 is 0 Å². The first-order valence-electron chi connectivity index (χ1n) is 5.67. The van der Waals surface area contributed by atoms with Crippen molar-refractivity contribution in [3.63, 3.8) is 0 Å². The minimum atomic E-state index is 0.464. The van der Waals surface area contributed by atoms with Gasteiger partial charge in [-0.2, -0.15) is 0 Å².